The summed E-state index contributed by atoms with van der Waals surface area (Å²) in [5, 5.41) is 3.41. The van der Waals surface area contributed by atoms with Crippen molar-refractivity contribution < 1.29 is 9.47 Å². The Hall–Kier alpha value is -1.86. The smallest absolute Gasteiger partial charge is 0.213 e. The Morgan fingerprint density at radius 2 is 2.20 bits per heavy atom. The first-order valence-electron chi connectivity index (χ1n) is 9.04. The zero-order chi connectivity index (χ0) is 17.5. The van der Waals surface area contributed by atoms with E-state index in [1.807, 2.05) is 25.2 Å². The van der Waals surface area contributed by atoms with E-state index in [2.05, 4.69) is 25.1 Å². The number of guanidine groups is 1. The second-order valence-electron chi connectivity index (χ2n) is 6.59. The minimum atomic E-state index is 0.638. The molecule has 0 spiro atoms. The first-order chi connectivity index (χ1) is 12.3. The molecule has 0 radical (unpaired) electrons. The van der Waals surface area contributed by atoms with E-state index in [0.29, 0.717) is 18.3 Å². The molecule has 1 aromatic heterocycles. The Kier molecular flexibility index (Phi) is 6.47. The number of rotatable bonds is 5. The second-order valence-corrected chi connectivity index (χ2v) is 6.59. The minimum Gasteiger partial charge on any atom is -0.481 e. The lowest BCUT2D eigenvalue weighted by Crippen LogP contribution is -2.53. The molecule has 0 aliphatic carbocycles. The first kappa shape index (κ1) is 17.9. The van der Waals surface area contributed by atoms with E-state index < -0.39 is 0 Å². The van der Waals surface area contributed by atoms with Crippen LogP contribution < -0.4 is 10.1 Å². The number of aromatic nitrogens is 1. The fourth-order valence-electron chi connectivity index (χ4n) is 3.41. The Labute approximate surface area is 150 Å². The standard InChI is InChI=1S/C18H29N5O2/c1-19-18(20-12-16-4-3-5-17(21-16)24-2)23-9-7-22(8-10-23)13-15-6-11-25-14-15/h3-5,15H,6-14H2,1-2H3,(H,19,20). The van der Waals surface area contributed by atoms with Gasteiger partial charge in [-0.2, -0.15) is 0 Å². The summed E-state index contributed by atoms with van der Waals surface area (Å²) in [7, 11) is 3.47. The highest BCUT2D eigenvalue weighted by Gasteiger charge is 2.23. The Morgan fingerprint density at radius 1 is 1.36 bits per heavy atom. The van der Waals surface area contributed by atoms with E-state index in [-0.39, 0.29) is 0 Å². The molecule has 3 rings (SSSR count). The van der Waals surface area contributed by atoms with Crippen LogP contribution in [0, 0.1) is 5.92 Å². The highest BCUT2D eigenvalue weighted by atomic mass is 16.5. The molecular formula is C18H29N5O2. The van der Waals surface area contributed by atoms with Crippen molar-refractivity contribution in [3.05, 3.63) is 23.9 Å². The Balaban J connectivity index is 1.45. The number of aliphatic imine (C=N–C) groups is 1. The second kappa shape index (κ2) is 9.01. The van der Waals surface area contributed by atoms with Gasteiger partial charge in [-0.05, 0) is 18.4 Å². The van der Waals surface area contributed by atoms with E-state index in [1.54, 1.807) is 7.11 Å². The predicted molar refractivity (Wildman–Crippen MR) is 97.9 cm³/mol. The third kappa shape index (κ3) is 5.06. The largest absolute Gasteiger partial charge is 0.481 e. The molecular weight excluding hydrogens is 318 g/mol. The van der Waals surface area contributed by atoms with Gasteiger partial charge in [0.1, 0.15) is 0 Å². The van der Waals surface area contributed by atoms with E-state index in [9.17, 15) is 0 Å². The van der Waals surface area contributed by atoms with Crippen molar-refractivity contribution in [1.29, 1.82) is 0 Å². The number of nitrogens with zero attached hydrogens (tertiary/aromatic N) is 4. The van der Waals surface area contributed by atoms with E-state index in [1.165, 1.54) is 6.42 Å². The van der Waals surface area contributed by atoms with Gasteiger partial charge in [-0.15, -0.1) is 0 Å². The van der Waals surface area contributed by atoms with Gasteiger partial charge < -0.3 is 19.7 Å². The lowest BCUT2D eigenvalue weighted by Gasteiger charge is -2.37. The van der Waals surface area contributed by atoms with Crippen molar-refractivity contribution in [1.82, 2.24) is 20.1 Å². The van der Waals surface area contributed by atoms with Crippen LogP contribution in [0.15, 0.2) is 23.2 Å². The maximum atomic E-state index is 5.48. The maximum absolute atomic E-state index is 5.48. The number of methoxy groups -OCH3 is 1. The molecule has 0 amide bonds. The van der Waals surface area contributed by atoms with Crippen LogP contribution in [0.1, 0.15) is 12.1 Å². The van der Waals surface area contributed by atoms with Crippen molar-refractivity contribution in [3.63, 3.8) is 0 Å². The summed E-state index contributed by atoms with van der Waals surface area (Å²) in [5.41, 5.74) is 0.945. The molecule has 1 N–H and O–H groups in total. The molecule has 1 atom stereocenters. The number of pyridine rings is 1. The van der Waals surface area contributed by atoms with E-state index in [4.69, 9.17) is 9.47 Å². The number of nitrogens with one attached hydrogen (secondary N) is 1. The highest BCUT2D eigenvalue weighted by molar-refractivity contribution is 5.79. The van der Waals surface area contributed by atoms with E-state index >= 15 is 0 Å². The normalized spacial score (nSPS) is 22.2. The molecule has 1 unspecified atom stereocenters. The summed E-state index contributed by atoms with van der Waals surface area (Å²) in [6, 6.07) is 5.80. The molecule has 25 heavy (non-hydrogen) atoms. The molecule has 7 nitrogen and oxygen atoms in total. The fraction of sp³-hybridized carbons (Fsp3) is 0.667. The van der Waals surface area contributed by atoms with Crippen molar-refractivity contribution in [2.45, 2.75) is 13.0 Å². The van der Waals surface area contributed by atoms with Crippen LogP contribution in [0.25, 0.3) is 0 Å². The summed E-state index contributed by atoms with van der Waals surface area (Å²) in [6.45, 7) is 7.81. The molecule has 2 saturated heterocycles. The summed E-state index contributed by atoms with van der Waals surface area (Å²) in [5.74, 6) is 2.29. The number of hydrogen-bond acceptors (Lipinski definition) is 5. The number of ether oxygens (including phenoxy) is 2. The summed E-state index contributed by atoms with van der Waals surface area (Å²) in [4.78, 5) is 13.7. The third-order valence-corrected chi connectivity index (χ3v) is 4.84. The van der Waals surface area contributed by atoms with Crippen LogP contribution in [0.4, 0.5) is 0 Å². The molecule has 3 heterocycles. The van der Waals surface area contributed by atoms with Gasteiger partial charge in [0.05, 0.1) is 26.0 Å². The van der Waals surface area contributed by atoms with Crippen molar-refractivity contribution in [3.8, 4) is 5.88 Å². The monoisotopic (exact) mass is 347 g/mol. The predicted octanol–water partition coefficient (Wildman–Crippen LogP) is 0.820. The SMILES string of the molecule is CN=C(NCc1cccc(OC)n1)N1CCN(CC2CCOC2)CC1. The summed E-state index contributed by atoms with van der Waals surface area (Å²) < 4.78 is 10.7. The Bertz CT molecular complexity index is 566. The van der Waals surface area contributed by atoms with Gasteiger partial charge in [-0.1, -0.05) is 6.07 Å². The lowest BCUT2D eigenvalue weighted by molar-refractivity contribution is 0.139. The average Bonchev–Trinajstić information content (AvgIpc) is 3.17. The van der Waals surface area contributed by atoms with Crippen LogP contribution in [0.2, 0.25) is 0 Å². The Morgan fingerprint density at radius 3 is 2.88 bits per heavy atom. The molecule has 1 aromatic rings. The minimum absolute atomic E-state index is 0.638. The molecule has 0 bridgehead atoms. The van der Waals surface area contributed by atoms with Crippen LogP contribution >= 0.6 is 0 Å². The van der Waals surface area contributed by atoms with Gasteiger partial charge in [0.15, 0.2) is 5.96 Å². The van der Waals surface area contributed by atoms with Crippen molar-refractivity contribution >= 4 is 5.96 Å². The fourth-order valence-corrected chi connectivity index (χ4v) is 3.41. The zero-order valence-corrected chi connectivity index (χ0v) is 15.3. The number of hydrogen-bond donors (Lipinski definition) is 1. The van der Waals surface area contributed by atoms with Gasteiger partial charge in [0.25, 0.3) is 0 Å². The molecule has 138 valence electrons. The molecule has 0 saturated carbocycles. The van der Waals surface area contributed by atoms with Gasteiger partial charge in [0, 0.05) is 52.4 Å². The highest BCUT2D eigenvalue weighted by Crippen LogP contribution is 2.15. The molecule has 2 aliphatic heterocycles. The third-order valence-electron chi connectivity index (χ3n) is 4.84. The average molecular weight is 347 g/mol. The van der Waals surface area contributed by atoms with Gasteiger partial charge in [0.2, 0.25) is 5.88 Å². The van der Waals surface area contributed by atoms with Crippen LogP contribution in [0.3, 0.4) is 0 Å². The van der Waals surface area contributed by atoms with Gasteiger partial charge in [-0.25, -0.2) is 4.98 Å². The van der Waals surface area contributed by atoms with Crippen LogP contribution in [0.5, 0.6) is 5.88 Å². The van der Waals surface area contributed by atoms with Crippen molar-refractivity contribution in [2.24, 2.45) is 10.9 Å². The molecule has 2 fully saturated rings. The van der Waals surface area contributed by atoms with Gasteiger partial charge in [-0.3, -0.25) is 9.89 Å². The summed E-state index contributed by atoms with van der Waals surface area (Å²) in [6.07, 6.45) is 1.21. The summed E-state index contributed by atoms with van der Waals surface area (Å²) >= 11 is 0. The lowest BCUT2D eigenvalue weighted by atomic mass is 10.1. The number of piperazine rings is 1. The molecule has 2 aliphatic rings. The molecule has 7 heteroatoms. The van der Waals surface area contributed by atoms with E-state index in [0.717, 1.165) is 57.6 Å². The van der Waals surface area contributed by atoms with Gasteiger partial charge >= 0.3 is 0 Å². The zero-order valence-electron chi connectivity index (χ0n) is 15.3. The van der Waals surface area contributed by atoms with Crippen molar-refractivity contribution in [2.75, 3.05) is 60.1 Å². The maximum Gasteiger partial charge on any atom is 0.213 e. The molecule has 0 aromatic carbocycles. The quantitative estimate of drug-likeness (QED) is 0.629. The topological polar surface area (TPSA) is 62.2 Å². The first-order valence-corrected chi connectivity index (χ1v) is 9.04. The van der Waals surface area contributed by atoms with Crippen LogP contribution in [-0.4, -0.2) is 80.8 Å². The van der Waals surface area contributed by atoms with Crippen LogP contribution in [-0.2, 0) is 11.3 Å².